The van der Waals surface area contributed by atoms with Crippen molar-refractivity contribution in [3.63, 3.8) is 0 Å². The molecule has 0 fully saturated rings. The fraction of sp³-hybridized carbons (Fsp3) is 0.500. The standard InChI is InChI=1S/C10H13ClN4O2/c1-3-4-15-8-7(9(16)13-10(15)17)14(2)6(5-11)12-8/h3-5H2,1-2H3,(H,13,16,17). The summed E-state index contributed by atoms with van der Waals surface area (Å²) in [6.45, 7) is 2.47. The van der Waals surface area contributed by atoms with Crippen molar-refractivity contribution in [2.45, 2.75) is 25.8 Å². The molecule has 2 aromatic rings. The minimum absolute atomic E-state index is 0.199. The zero-order valence-electron chi connectivity index (χ0n) is 9.66. The molecule has 0 amide bonds. The van der Waals surface area contributed by atoms with Crippen LogP contribution in [0, 0.1) is 0 Å². The Bertz CT molecular complexity index is 667. The van der Waals surface area contributed by atoms with Gasteiger partial charge >= 0.3 is 5.69 Å². The lowest BCUT2D eigenvalue weighted by atomic mass is 10.4. The minimum Gasteiger partial charge on any atom is -0.324 e. The van der Waals surface area contributed by atoms with E-state index < -0.39 is 11.2 Å². The highest BCUT2D eigenvalue weighted by molar-refractivity contribution is 6.16. The SMILES string of the molecule is CCCn1c(=O)[nH]c(=O)c2c1nc(CCl)n2C. The molecule has 0 saturated heterocycles. The molecule has 0 aliphatic heterocycles. The van der Waals surface area contributed by atoms with Gasteiger partial charge in [-0.15, -0.1) is 11.6 Å². The average Bonchev–Trinajstić information content (AvgIpc) is 2.62. The summed E-state index contributed by atoms with van der Waals surface area (Å²) in [5.41, 5.74) is -0.0697. The third kappa shape index (κ3) is 1.78. The van der Waals surface area contributed by atoms with E-state index in [1.165, 1.54) is 4.57 Å². The first-order valence-corrected chi connectivity index (χ1v) is 5.88. The summed E-state index contributed by atoms with van der Waals surface area (Å²) in [6, 6.07) is 0. The Morgan fingerprint density at radius 1 is 1.41 bits per heavy atom. The van der Waals surface area contributed by atoms with Crippen molar-refractivity contribution in [3.05, 3.63) is 26.7 Å². The molecule has 2 rings (SSSR count). The molecule has 0 unspecified atom stereocenters. The highest BCUT2D eigenvalue weighted by atomic mass is 35.5. The maximum Gasteiger partial charge on any atom is 0.330 e. The van der Waals surface area contributed by atoms with Crippen LogP contribution in [-0.2, 0) is 19.5 Å². The van der Waals surface area contributed by atoms with Crippen LogP contribution in [0.25, 0.3) is 11.2 Å². The molecular formula is C10H13ClN4O2. The molecule has 0 aromatic carbocycles. The van der Waals surface area contributed by atoms with E-state index in [4.69, 9.17) is 11.6 Å². The smallest absolute Gasteiger partial charge is 0.324 e. The average molecular weight is 257 g/mol. The maximum atomic E-state index is 11.7. The first kappa shape index (κ1) is 11.9. The number of fused-ring (bicyclic) bond motifs is 1. The van der Waals surface area contributed by atoms with Crippen molar-refractivity contribution in [1.29, 1.82) is 0 Å². The first-order valence-electron chi connectivity index (χ1n) is 5.34. The molecule has 2 heterocycles. The molecule has 0 saturated carbocycles. The van der Waals surface area contributed by atoms with Crippen molar-refractivity contribution in [2.24, 2.45) is 7.05 Å². The number of nitrogens with zero attached hydrogens (tertiary/aromatic N) is 3. The van der Waals surface area contributed by atoms with Crippen LogP contribution in [0.2, 0.25) is 0 Å². The lowest BCUT2D eigenvalue weighted by Gasteiger charge is -2.03. The number of halogens is 1. The van der Waals surface area contributed by atoms with Gasteiger partial charge in [-0.05, 0) is 6.42 Å². The Hall–Kier alpha value is -1.56. The summed E-state index contributed by atoms with van der Waals surface area (Å²) in [5, 5.41) is 0. The number of rotatable bonds is 3. The van der Waals surface area contributed by atoms with Crippen LogP contribution in [0.15, 0.2) is 9.59 Å². The highest BCUT2D eigenvalue weighted by Crippen LogP contribution is 2.11. The largest absolute Gasteiger partial charge is 0.330 e. The number of imidazole rings is 1. The summed E-state index contributed by atoms with van der Waals surface area (Å²) in [5.74, 6) is 0.771. The van der Waals surface area contributed by atoms with Crippen LogP contribution >= 0.6 is 11.6 Å². The summed E-state index contributed by atoms with van der Waals surface area (Å²) >= 11 is 5.74. The number of aromatic amines is 1. The number of H-pyrrole nitrogens is 1. The van der Waals surface area contributed by atoms with E-state index >= 15 is 0 Å². The van der Waals surface area contributed by atoms with E-state index in [0.29, 0.717) is 23.5 Å². The van der Waals surface area contributed by atoms with Crippen molar-refractivity contribution in [2.75, 3.05) is 0 Å². The van der Waals surface area contributed by atoms with Gasteiger partial charge in [0.25, 0.3) is 5.56 Å². The number of hydrogen-bond donors (Lipinski definition) is 1. The highest BCUT2D eigenvalue weighted by Gasteiger charge is 2.15. The maximum absolute atomic E-state index is 11.7. The second-order valence-electron chi connectivity index (χ2n) is 3.80. The lowest BCUT2D eigenvalue weighted by molar-refractivity contribution is 0.652. The van der Waals surface area contributed by atoms with E-state index in [0.717, 1.165) is 6.42 Å². The minimum atomic E-state index is -0.427. The van der Waals surface area contributed by atoms with Gasteiger partial charge in [-0.2, -0.15) is 0 Å². The fourth-order valence-electron chi connectivity index (χ4n) is 1.84. The molecule has 92 valence electrons. The monoisotopic (exact) mass is 256 g/mol. The van der Waals surface area contributed by atoms with Crippen LogP contribution < -0.4 is 11.2 Å². The number of alkyl halides is 1. The van der Waals surface area contributed by atoms with E-state index in [9.17, 15) is 9.59 Å². The molecule has 0 radical (unpaired) electrons. The molecule has 0 atom stereocenters. The van der Waals surface area contributed by atoms with Gasteiger partial charge in [-0.1, -0.05) is 6.92 Å². The van der Waals surface area contributed by atoms with Gasteiger partial charge in [0.05, 0.1) is 5.88 Å². The summed E-state index contributed by atoms with van der Waals surface area (Å²) in [4.78, 5) is 29.9. The molecule has 0 spiro atoms. The van der Waals surface area contributed by atoms with Gasteiger partial charge in [0.2, 0.25) is 0 Å². The predicted octanol–water partition coefficient (Wildman–Crippen LogP) is 0.572. The Balaban J connectivity index is 2.92. The van der Waals surface area contributed by atoms with E-state index in [1.807, 2.05) is 6.92 Å². The Morgan fingerprint density at radius 2 is 2.12 bits per heavy atom. The summed E-state index contributed by atoms with van der Waals surface area (Å²) < 4.78 is 3.08. The Labute approximate surface area is 102 Å². The van der Waals surface area contributed by atoms with Gasteiger partial charge < -0.3 is 4.57 Å². The number of aromatic nitrogens is 4. The number of nitrogens with one attached hydrogen (secondary N) is 1. The number of hydrogen-bond acceptors (Lipinski definition) is 3. The zero-order valence-corrected chi connectivity index (χ0v) is 10.4. The van der Waals surface area contributed by atoms with Gasteiger partial charge in [0.1, 0.15) is 5.82 Å². The summed E-state index contributed by atoms with van der Waals surface area (Å²) in [6.07, 6.45) is 0.786. The van der Waals surface area contributed by atoms with Crippen molar-refractivity contribution < 1.29 is 0 Å². The summed E-state index contributed by atoms with van der Waals surface area (Å²) in [7, 11) is 1.71. The molecule has 0 bridgehead atoms. The third-order valence-corrected chi connectivity index (χ3v) is 2.91. The van der Waals surface area contributed by atoms with E-state index in [-0.39, 0.29) is 5.88 Å². The molecule has 7 heteroatoms. The molecular weight excluding hydrogens is 244 g/mol. The first-order chi connectivity index (χ1) is 8.10. The number of aryl methyl sites for hydroxylation is 2. The molecule has 0 aliphatic carbocycles. The van der Waals surface area contributed by atoms with E-state index in [1.54, 1.807) is 11.6 Å². The van der Waals surface area contributed by atoms with Crippen LogP contribution in [0.3, 0.4) is 0 Å². The topological polar surface area (TPSA) is 72.7 Å². The van der Waals surface area contributed by atoms with Crippen LogP contribution in [0.1, 0.15) is 19.2 Å². The molecule has 17 heavy (non-hydrogen) atoms. The van der Waals surface area contributed by atoms with Crippen LogP contribution in [-0.4, -0.2) is 19.1 Å². The molecule has 1 N–H and O–H groups in total. The van der Waals surface area contributed by atoms with Crippen LogP contribution in [0.5, 0.6) is 0 Å². The molecule has 6 nitrogen and oxygen atoms in total. The van der Waals surface area contributed by atoms with Gasteiger partial charge in [-0.3, -0.25) is 14.3 Å². The van der Waals surface area contributed by atoms with Crippen LogP contribution in [0.4, 0.5) is 0 Å². The van der Waals surface area contributed by atoms with Gasteiger partial charge in [0.15, 0.2) is 11.2 Å². The normalized spacial score (nSPS) is 11.2. The predicted molar refractivity (Wildman–Crippen MR) is 65.4 cm³/mol. The van der Waals surface area contributed by atoms with Gasteiger partial charge in [-0.25, -0.2) is 9.78 Å². The second-order valence-corrected chi connectivity index (χ2v) is 4.07. The van der Waals surface area contributed by atoms with Crippen molar-refractivity contribution in [3.8, 4) is 0 Å². The van der Waals surface area contributed by atoms with E-state index in [2.05, 4.69) is 9.97 Å². The fourth-order valence-corrected chi connectivity index (χ4v) is 2.08. The molecule has 0 aliphatic rings. The van der Waals surface area contributed by atoms with Crippen molar-refractivity contribution >= 4 is 22.8 Å². The zero-order chi connectivity index (χ0) is 12.6. The lowest BCUT2D eigenvalue weighted by Crippen LogP contribution is -2.30. The second kappa shape index (κ2) is 4.37. The molecule has 2 aromatic heterocycles. The Kier molecular flexibility index (Phi) is 3.06. The van der Waals surface area contributed by atoms with Gasteiger partial charge in [0, 0.05) is 13.6 Å². The van der Waals surface area contributed by atoms with Crippen molar-refractivity contribution in [1.82, 2.24) is 19.1 Å². The quantitative estimate of drug-likeness (QED) is 0.816. The third-order valence-electron chi connectivity index (χ3n) is 2.67. The Morgan fingerprint density at radius 3 is 2.71 bits per heavy atom.